The van der Waals surface area contributed by atoms with Gasteiger partial charge in [0.2, 0.25) is 5.95 Å². The molecule has 0 spiro atoms. The van der Waals surface area contributed by atoms with E-state index in [0.717, 1.165) is 0 Å². The topological polar surface area (TPSA) is 158 Å². The van der Waals surface area contributed by atoms with Crippen LogP contribution in [0.25, 0.3) is 11.2 Å². The van der Waals surface area contributed by atoms with Crippen LogP contribution < -0.4 is 11.3 Å². The zero-order chi connectivity index (χ0) is 17.3. The number of methoxy groups -OCH3 is 1. The number of nitrogen functional groups attached to an aromatic ring is 1. The molecule has 2 aromatic heterocycles. The Morgan fingerprint density at radius 1 is 1.50 bits per heavy atom. The Hall–Kier alpha value is -2.05. The normalized spacial score (nSPS) is 27.1. The average Bonchev–Trinajstić information content (AvgIpc) is 3.09. The largest absolute Gasteiger partial charge is 0.394 e. The second kappa shape index (κ2) is 6.83. The predicted molar refractivity (Wildman–Crippen MR) is 81.2 cm³/mol. The van der Waals surface area contributed by atoms with E-state index in [2.05, 4.69) is 15.0 Å². The van der Waals surface area contributed by atoms with Crippen LogP contribution in [0.15, 0.2) is 11.1 Å². The fourth-order valence-corrected chi connectivity index (χ4v) is 2.67. The van der Waals surface area contributed by atoms with Crippen molar-refractivity contribution in [2.24, 2.45) is 0 Å². The second-order valence-corrected chi connectivity index (χ2v) is 5.34. The van der Waals surface area contributed by atoms with Crippen LogP contribution in [0.4, 0.5) is 5.95 Å². The van der Waals surface area contributed by atoms with E-state index in [0.29, 0.717) is 6.61 Å². The minimum absolute atomic E-state index is 0.0663. The SMILES string of the molecule is COCCO[C@H]1[C@H](O)[C@@H](CO)O[C@@H]1n1cnc2c(=O)[nH]c(N)nc21. The van der Waals surface area contributed by atoms with E-state index in [1.165, 1.54) is 18.0 Å². The molecule has 0 radical (unpaired) electrons. The molecule has 132 valence electrons. The number of anilines is 1. The molecule has 5 N–H and O–H groups in total. The van der Waals surface area contributed by atoms with Gasteiger partial charge in [-0.3, -0.25) is 14.3 Å². The Morgan fingerprint density at radius 3 is 3.00 bits per heavy atom. The molecule has 1 fully saturated rings. The van der Waals surface area contributed by atoms with Gasteiger partial charge in [-0.05, 0) is 0 Å². The molecule has 0 aromatic carbocycles. The highest BCUT2D eigenvalue weighted by Gasteiger charge is 2.45. The van der Waals surface area contributed by atoms with Gasteiger partial charge in [0.25, 0.3) is 5.56 Å². The summed E-state index contributed by atoms with van der Waals surface area (Å²) in [4.78, 5) is 22.3. The van der Waals surface area contributed by atoms with Crippen LogP contribution in [0.5, 0.6) is 0 Å². The number of nitrogens with zero attached hydrogens (tertiary/aromatic N) is 3. The maximum Gasteiger partial charge on any atom is 0.280 e. The zero-order valence-electron chi connectivity index (χ0n) is 13.0. The Bertz CT molecular complexity index is 761. The van der Waals surface area contributed by atoms with Crippen molar-refractivity contribution < 1.29 is 24.4 Å². The Kier molecular flexibility index (Phi) is 4.78. The number of imidazole rings is 1. The minimum Gasteiger partial charge on any atom is -0.394 e. The van der Waals surface area contributed by atoms with Crippen LogP contribution in [0.3, 0.4) is 0 Å². The fourth-order valence-electron chi connectivity index (χ4n) is 2.67. The number of ether oxygens (including phenoxy) is 3. The van der Waals surface area contributed by atoms with Crippen LogP contribution in [0.2, 0.25) is 0 Å². The van der Waals surface area contributed by atoms with E-state index in [1.54, 1.807) is 0 Å². The number of aromatic amines is 1. The first-order valence-electron chi connectivity index (χ1n) is 7.34. The van der Waals surface area contributed by atoms with Crippen molar-refractivity contribution in [2.45, 2.75) is 24.5 Å². The van der Waals surface area contributed by atoms with Gasteiger partial charge >= 0.3 is 0 Å². The van der Waals surface area contributed by atoms with Gasteiger partial charge in [-0.15, -0.1) is 0 Å². The number of nitrogens with one attached hydrogen (secondary N) is 1. The summed E-state index contributed by atoms with van der Waals surface area (Å²) < 4.78 is 17.7. The number of hydrogen-bond acceptors (Lipinski definition) is 9. The smallest absolute Gasteiger partial charge is 0.280 e. The summed E-state index contributed by atoms with van der Waals surface area (Å²) in [7, 11) is 1.53. The molecule has 4 atom stereocenters. The summed E-state index contributed by atoms with van der Waals surface area (Å²) in [5, 5.41) is 19.7. The van der Waals surface area contributed by atoms with Crippen LogP contribution >= 0.6 is 0 Å². The first-order valence-corrected chi connectivity index (χ1v) is 7.34. The van der Waals surface area contributed by atoms with E-state index >= 15 is 0 Å². The highest BCUT2D eigenvalue weighted by molar-refractivity contribution is 5.70. The number of nitrogens with two attached hydrogens (primary N) is 1. The van der Waals surface area contributed by atoms with Gasteiger partial charge in [0.15, 0.2) is 17.4 Å². The fraction of sp³-hybridized carbons (Fsp3) is 0.615. The number of H-pyrrole nitrogens is 1. The molecule has 2 aromatic rings. The van der Waals surface area contributed by atoms with E-state index in [-0.39, 0.29) is 30.3 Å². The first kappa shape index (κ1) is 16.8. The predicted octanol–water partition coefficient (Wildman–Crippen LogP) is -2.02. The summed E-state index contributed by atoms with van der Waals surface area (Å²) >= 11 is 0. The van der Waals surface area contributed by atoms with Crippen molar-refractivity contribution in [2.75, 3.05) is 32.7 Å². The molecule has 0 saturated carbocycles. The Morgan fingerprint density at radius 2 is 2.29 bits per heavy atom. The average molecular weight is 341 g/mol. The molecule has 11 heteroatoms. The molecule has 0 amide bonds. The molecule has 11 nitrogen and oxygen atoms in total. The highest BCUT2D eigenvalue weighted by Crippen LogP contribution is 2.33. The summed E-state index contributed by atoms with van der Waals surface area (Å²) in [6.45, 7) is 0.166. The van der Waals surface area contributed by atoms with Crippen LogP contribution in [0, 0.1) is 0 Å². The number of aliphatic hydroxyl groups is 2. The molecule has 1 aliphatic heterocycles. The van der Waals surface area contributed by atoms with Gasteiger partial charge in [0.05, 0.1) is 26.1 Å². The molecular weight excluding hydrogens is 322 g/mol. The van der Waals surface area contributed by atoms with Crippen molar-refractivity contribution in [3.63, 3.8) is 0 Å². The summed E-state index contributed by atoms with van der Waals surface area (Å²) in [5.74, 6) is -0.0663. The van der Waals surface area contributed by atoms with Gasteiger partial charge in [0, 0.05) is 7.11 Å². The van der Waals surface area contributed by atoms with Crippen LogP contribution in [-0.4, -0.2) is 75.0 Å². The zero-order valence-corrected chi connectivity index (χ0v) is 13.0. The molecule has 3 heterocycles. The molecular formula is C13H19N5O6. The molecule has 3 rings (SSSR count). The maximum atomic E-state index is 11.9. The molecule has 0 unspecified atom stereocenters. The van der Waals surface area contributed by atoms with E-state index in [1.807, 2.05) is 0 Å². The quantitative estimate of drug-likeness (QED) is 0.435. The van der Waals surface area contributed by atoms with E-state index in [4.69, 9.17) is 19.9 Å². The number of aliphatic hydroxyl groups excluding tert-OH is 2. The molecule has 1 saturated heterocycles. The van der Waals surface area contributed by atoms with Gasteiger partial charge in [-0.1, -0.05) is 0 Å². The lowest BCUT2D eigenvalue weighted by molar-refractivity contribution is -0.0785. The number of rotatable bonds is 6. The number of aromatic nitrogens is 4. The van der Waals surface area contributed by atoms with Crippen molar-refractivity contribution >= 4 is 17.1 Å². The van der Waals surface area contributed by atoms with E-state index < -0.39 is 30.1 Å². The minimum atomic E-state index is -1.06. The van der Waals surface area contributed by atoms with Gasteiger partial charge in [-0.2, -0.15) is 4.98 Å². The molecule has 24 heavy (non-hydrogen) atoms. The van der Waals surface area contributed by atoms with E-state index in [9.17, 15) is 15.0 Å². The standard InChI is InChI=1S/C13H19N5O6/c1-22-2-3-23-9-8(20)6(4-19)24-12(9)18-5-15-7-10(18)16-13(14)17-11(7)21/h5-6,8-9,12,19-20H,2-4H2,1H3,(H3,14,16,17,21)/t6-,8-,9+,12+/m1/s1. The monoisotopic (exact) mass is 341 g/mol. The summed E-state index contributed by atoms with van der Waals surface area (Å²) in [6, 6.07) is 0. The van der Waals surface area contributed by atoms with Crippen molar-refractivity contribution in [1.82, 2.24) is 19.5 Å². The molecule has 0 bridgehead atoms. The number of fused-ring (bicyclic) bond motifs is 1. The lowest BCUT2D eigenvalue weighted by Crippen LogP contribution is -2.36. The summed E-state index contributed by atoms with van der Waals surface area (Å²) in [5.41, 5.74) is 5.39. The third-order valence-corrected chi connectivity index (χ3v) is 3.82. The van der Waals surface area contributed by atoms with Gasteiger partial charge in [-0.25, -0.2) is 4.98 Å². The summed E-state index contributed by atoms with van der Waals surface area (Å²) in [6.07, 6.45) is -2.16. The Labute approximate surface area is 136 Å². The third-order valence-electron chi connectivity index (χ3n) is 3.82. The molecule has 0 aliphatic carbocycles. The maximum absolute atomic E-state index is 11.9. The lowest BCUT2D eigenvalue weighted by atomic mass is 10.1. The first-order chi connectivity index (χ1) is 11.6. The van der Waals surface area contributed by atoms with Crippen LogP contribution in [0.1, 0.15) is 6.23 Å². The molecule has 1 aliphatic rings. The highest BCUT2D eigenvalue weighted by atomic mass is 16.6. The second-order valence-electron chi connectivity index (χ2n) is 5.34. The lowest BCUT2D eigenvalue weighted by Gasteiger charge is -2.21. The Balaban J connectivity index is 1.97. The van der Waals surface area contributed by atoms with Crippen molar-refractivity contribution in [3.8, 4) is 0 Å². The van der Waals surface area contributed by atoms with Crippen molar-refractivity contribution in [3.05, 3.63) is 16.7 Å². The van der Waals surface area contributed by atoms with Gasteiger partial charge in [0.1, 0.15) is 18.3 Å². The van der Waals surface area contributed by atoms with Crippen molar-refractivity contribution in [1.29, 1.82) is 0 Å². The third kappa shape index (κ3) is 2.87. The van der Waals surface area contributed by atoms with Gasteiger partial charge < -0.3 is 30.2 Å². The van der Waals surface area contributed by atoms with Crippen LogP contribution in [-0.2, 0) is 14.2 Å². The number of hydrogen-bond donors (Lipinski definition) is 4.